The predicted octanol–water partition coefficient (Wildman–Crippen LogP) is 2.88. The molecular weight excluding hydrogens is 244 g/mol. The van der Waals surface area contributed by atoms with E-state index in [1.807, 2.05) is 24.8 Å². The Bertz CT molecular complexity index is 403. The molecule has 2 amide bonds. The van der Waals surface area contributed by atoms with Crippen LogP contribution in [0.4, 0.5) is 4.79 Å². The van der Waals surface area contributed by atoms with Crippen molar-refractivity contribution in [3.63, 3.8) is 0 Å². The molecule has 1 aromatic rings. The van der Waals surface area contributed by atoms with Crippen molar-refractivity contribution in [2.75, 3.05) is 6.54 Å². The number of amides is 2. The summed E-state index contributed by atoms with van der Waals surface area (Å²) in [6.45, 7) is 5.39. The maximum absolute atomic E-state index is 11.8. The first-order chi connectivity index (χ1) is 7.56. The van der Waals surface area contributed by atoms with Crippen molar-refractivity contribution in [2.24, 2.45) is 0 Å². The molecule has 5 heteroatoms. The van der Waals surface area contributed by atoms with Crippen LogP contribution in [-0.2, 0) is 13.0 Å². The second-order valence-electron chi connectivity index (χ2n) is 4.27. The second-order valence-corrected chi connectivity index (χ2v) is 6.04. The Hall–Kier alpha value is -0.740. The molecule has 0 aliphatic carbocycles. The van der Waals surface area contributed by atoms with Gasteiger partial charge in [0.25, 0.3) is 0 Å². The molecule has 0 radical (unpaired) electrons. The summed E-state index contributed by atoms with van der Waals surface area (Å²) in [7, 11) is 0. The third-order valence-electron chi connectivity index (χ3n) is 2.54. The fraction of sp³-hybridized carbons (Fsp3) is 0.545. The van der Waals surface area contributed by atoms with Crippen molar-refractivity contribution in [3.05, 3.63) is 20.8 Å². The van der Waals surface area contributed by atoms with Crippen LogP contribution in [0.1, 0.15) is 24.3 Å². The number of thiophene rings is 1. The number of halogens is 1. The third kappa shape index (κ3) is 2.50. The van der Waals surface area contributed by atoms with Crippen molar-refractivity contribution in [1.82, 2.24) is 10.2 Å². The summed E-state index contributed by atoms with van der Waals surface area (Å²) < 4.78 is 0.816. The number of urea groups is 1. The van der Waals surface area contributed by atoms with E-state index < -0.39 is 0 Å². The van der Waals surface area contributed by atoms with Gasteiger partial charge < -0.3 is 10.2 Å². The van der Waals surface area contributed by atoms with Gasteiger partial charge in [0.15, 0.2) is 0 Å². The first kappa shape index (κ1) is 11.7. The van der Waals surface area contributed by atoms with Crippen molar-refractivity contribution in [2.45, 2.75) is 32.9 Å². The zero-order chi connectivity index (χ0) is 11.7. The molecule has 88 valence electrons. The number of rotatable bonds is 1. The van der Waals surface area contributed by atoms with Gasteiger partial charge in [-0.2, -0.15) is 0 Å². The first-order valence-electron chi connectivity index (χ1n) is 5.39. The zero-order valence-corrected chi connectivity index (χ0v) is 11.0. The molecule has 0 fully saturated rings. The summed E-state index contributed by atoms with van der Waals surface area (Å²) in [6.07, 6.45) is 0.915. The lowest BCUT2D eigenvalue weighted by Gasteiger charge is -2.27. The van der Waals surface area contributed by atoms with Crippen molar-refractivity contribution < 1.29 is 4.79 Å². The van der Waals surface area contributed by atoms with Crippen LogP contribution in [0, 0.1) is 0 Å². The van der Waals surface area contributed by atoms with Gasteiger partial charge in [0.05, 0.1) is 4.34 Å². The van der Waals surface area contributed by atoms with Crippen LogP contribution in [0.15, 0.2) is 6.07 Å². The van der Waals surface area contributed by atoms with Crippen LogP contribution in [0.5, 0.6) is 0 Å². The predicted molar refractivity (Wildman–Crippen MR) is 67.1 cm³/mol. The van der Waals surface area contributed by atoms with Gasteiger partial charge in [-0.3, -0.25) is 0 Å². The van der Waals surface area contributed by atoms with E-state index in [1.165, 1.54) is 10.4 Å². The van der Waals surface area contributed by atoms with E-state index in [9.17, 15) is 4.79 Å². The molecule has 0 atom stereocenters. The molecule has 16 heavy (non-hydrogen) atoms. The summed E-state index contributed by atoms with van der Waals surface area (Å²) in [5.74, 6) is 0. The maximum atomic E-state index is 11.8. The highest BCUT2D eigenvalue weighted by molar-refractivity contribution is 7.16. The van der Waals surface area contributed by atoms with Crippen molar-refractivity contribution in [3.8, 4) is 0 Å². The van der Waals surface area contributed by atoms with Crippen molar-refractivity contribution >= 4 is 29.0 Å². The normalized spacial score (nSPS) is 15.1. The average molecular weight is 259 g/mol. The Balaban J connectivity index is 2.04. The Kier molecular flexibility index (Phi) is 3.40. The second kappa shape index (κ2) is 4.63. The van der Waals surface area contributed by atoms with Crippen LogP contribution < -0.4 is 5.32 Å². The SMILES string of the molecule is CC(C)NC(=O)N1CCc2sc(Cl)cc2C1. The van der Waals surface area contributed by atoms with Gasteiger partial charge >= 0.3 is 6.03 Å². The Morgan fingerprint density at radius 1 is 1.62 bits per heavy atom. The van der Waals surface area contributed by atoms with Gasteiger partial charge in [-0.25, -0.2) is 4.79 Å². The summed E-state index contributed by atoms with van der Waals surface area (Å²) in [4.78, 5) is 15.0. The molecule has 0 saturated heterocycles. The Labute approximate surface area is 104 Å². The third-order valence-corrected chi connectivity index (χ3v) is 3.90. The minimum atomic E-state index is 0.0166. The molecule has 0 aromatic carbocycles. The van der Waals surface area contributed by atoms with E-state index in [0.29, 0.717) is 6.54 Å². The van der Waals surface area contributed by atoms with Crippen LogP contribution in [0.2, 0.25) is 4.34 Å². The van der Waals surface area contributed by atoms with E-state index >= 15 is 0 Å². The lowest BCUT2D eigenvalue weighted by atomic mass is 10.1. The lowest BCUT2D eigenvalue weighted by molar-refractivity contribution is 0.190. The lowest BCUT2D eigenvalue weighted by Crippen LogP contribution is -2.44. The fourth-order valence-corrected chi connectivity index (χ4v) is 3.10. The Morgan fingerprint density at radius 3 is 3.06 bits per heavy atom. The summed E-state index contributed by atoms with van der Waals surface area (Å²) in [5.41, 5.74) is 1.19. The van der Waals surface area contributed by atoms with Crippen molar-refractivity contribution in [1.29, 1.82) is 0 Å². The molecule has 0 unspecified atom stereocenters. The molecule has 0 spiro atoms. The molecule has 0 saturated carbocycles. The van der Waals surface area contributed by atoms with E-state index in [-0.39, 0.29) is 12.1 Å². The molecular formula is C11H15ClN2OS. The topological polar surface area (TPSA) is 32.3 Å². The smallest absolute Gasteiger partial charge is 0.317 e. The summed E-state index contributed by atoms with van der Waals surface area (Å²) in [5, 5.41) is 2.91. The van der Waals surface area contributed by atoms with E-state index in [0.717, 1.165) is 17.3 Å². The highest BCUT2D eigenvalue weighted by atomic mass is 35.5. The van der Waals surface area contributed by atoms with Crippen LogP contribution in [0.3, 0.4) is 0 Å². The highest BCUT2D eigenvalue weighted by Gasteiger charge is 2.22. The Morgan fingerprint density at radius 2 is 2.38 bits per heavy atom. The average Bonchev–Trinajstić information content (AvgIpc) is 2.55. The van der Waals surface area contributed by atoms with Crippen LogP contribution >= 0.6 is 22.9 Å². The van der Waals surface area contributed by atoms with Gasteiger partial charge in [-0.15, -0.1) is 11.3 Å². The van der Waals surface area contributed by atoms with Gasteiger partial charge in [0.1, 0.15) is 0 Å². The number of carbonyl (C=O) groups is 1. The minimum Gasteiger partial charge on any atom is -0.336 e. The quantitative estimate of drug-likeness (QED) is 0.825. The molecule has 3 nitrogen and oxygen atoms in total. The molecule has 1 N–H and O–H groups in total. The minimum absolute atomic E-state index is 0.0166. The van der Waals surface area contributed by atoms with E-state index in [1.54, 1.807) is 11.3 Å². The van der Waals surface area contributed by atoms with Gasteiger partial charge in [-0.05, 0) is 31.9 Å². The number of nitrogens with one attached hydrogen (secondary N) is 1. The largest absolute Gasteiger partial charge is 0.336 e. The monoisotopic (exact) mass is 258 g/mol. The fourth-order valence-electron chi connectivity index (χ4n) is 1.81. The maximum Gasteiger partial charge on any atom is 0.317 e. The molecule has 1 aliphatic rings. The van der Waals surface area contributed by atoms with E-state index in [2.05, 4.69) is 5.32 Å². The van der Waals surface area contributed by atoms with Gasteiger partial charge in [0.2, 0.25) is 0 Å². The van der Waals surface area contributed by atoms with Crippen LogP contribution in [0.25, 0.3) is 0 Å². The summed E-state index contributed by atoms with van der Waals surface area (Å²) >= 11 is 7.59. The van der Waals surface area contributed by atoms with Crippen LogP contribution in [-0.4, -0.2) is 23.5 Å². The summed E-state index contributed by atoms with van der Waals surface area (Å²) in [6, 6.07) is 2.17. The number of hydrogen-bond donors (Lipinski definition) is 1. The number of fused-ring (bicyclic) bond motifs is 1. The number of hydrogen-bond acceptors (Lipinski definition) is 2. The highest BCUT2D eigenvalue weighted by Crippen LogP contribution is 2.31. The molecule has 1 aromatic heterocycles. The molecule has 0 bridgehead atoms. The standard InChI is InChI=1S/C11H15ClN2OS/c1-7(2)13-11(15)14-4-3-9-8(6-14)5-10(12)16-9/h5,7H,3-4,6H2,1-2H3,(H,13,15). The molecule has 2 rings (SSSR count). The number of nitrogens with zero attached hydrogens (tertiary/aromatic N) is 1. The van der Waals surface area contributed by atoms with Gasteiger partial charge in [0, 0.05) is 24.0 Å². The zero-order valence-electron chi connectivity index (χ0n) is 9.42. The van der Waals surface area contributed by atoms with E-state index in [4.69, 9.17) is 11.6 Å². The molecule has 2 heterocycles. The number of carbonyl (C=O) groups excluding carboxylic acids is 1. The first-order valence-corrected chi connectivity index (χ1v) is 6.58. The molecule has 1 aliphatic heterocycles. The van der Waals surface area contributed by atoms with Gasteiger partial charge in [-0.1, -0.05) is 11.6 Å².